The van der Waals surface area contributed by atoms with Gasteiger partial charge in [-0.1, -0.05) is 11.6 Å². The Labute approximate surface area is 123 Å². The maximum atomic E-state index is 12.1. The van der Waals surface area contributed by atoms with E-state index in [0.29, 0.717) is 29.8 Å². The number of hydrogen-bond acceptors (Lipinski definition) is 3. The lowest BCUT2D eigenvalue weighted by Gasteiger charge is -2.15. The summed E-state index contributed by atoms with van der Waals surface area (Å²) >= 11 is 6.06. The van der Waals surface area contributed by atoms with Gasteiger partial charge in [0.05, 0.1) is 18.9 Å². The molecule has 0 radical (unpaired) electrons. The summed E-state index contributed by atoms with van der Waals surface area (Å²) in [6, 6.07) is 3.60. The van der Waals surface area contributed by atoms with Crippen LogP contribution < -0.4 is 10.1 Å². The second-order valence-electron chi connectivity index (χ2n) is 5.45. The van der Waals surface area contributed by atoms with Crippen molar-refractivity contribution in [3.63, 3.8) is 0 Å². The van der Waals surface area contributed by atoms with Crippen LogP contribution in [0.2, 0.25) is 5.02 Å². The molecule has 0 bridgehead atoms. The minimum atomic E-state index is -0.466. The smallest absolute Gasteiger partial charge is 0.253 e. The van der Waals surface area contributed by atoms with Crippen LogP contribution in [0.1, 0.15) is 25.3 Å². The van der Waals surface area contributed by atoms with Gasteiger partial charge in [0.2, 0.25) is 0 Å². The number of carbonyl (C=O) groups excluding carboxylic acids is 1. The number of fused-ring (bicyclic) bond motifs is 1. The second-order valence-corrected chi connectivity index (χ2v) is 5.88. The number of nitrogens with one attached hydrogen (secondary N) is 1. The summed E-state index contributed by atoms with van der Waals surface area (Å²) in [4.78, 5) is 12.1. The van der Waals surface area contributed by atoms with Crippen molar-refractivity contribution in [1.29, 1.82) is 0 Å². The molecule has 20 heavy (non-hydrogen) atoms. The molecule has 1 heterocycles. The van der Waals surface area contributed by atoms with E-state index in [4.69, 9.17) is 21.1 Å². The molecule has 1 aromatic carbocycles. The zero-order valence-corrected chi connectivity index (χ0v) is 12.2. The van der Waals surface area contributed by atoms with Crippen LogP contribution in [-0.2, 0) is 16.0 Å². The number of hydrogen-bond donors (Lipinski definition) is 1. The first-order chi connectivity index (χ1) is 9.63. The molecule has 5 heteroatoms. The van der Waals surface area contributed by atoms with E-state index >= 15 is 0 Å². The van der Waals surface area contributed by atoms with E-state index in [1.165, 1.54) is 12.8 Å². The number of benzene rings is 1. The van der Waals surface area contributed by atoms with Crippen molar-refractivity contribution in [3.8, 4) is 5.75 Å². The number of anilines is 1. The van der Waals surface area contributed by atoms with Crippen LogP contribution in [-0.4, -0.2) is 25.2 Å². The number of rotatable bonds is 5. The van der Waals surface area contributed by atoms with Crippen molar-refractivity contribution in [1.82, 2.24) is 0 Å². The fourth-order valence-electron chi connectivity index (χ4n) is 2.24. The second kappa shape index (κ2) is 5.62. The molecule has 1 aromatic rings. The maximum absolute atomic E-state index is 12.1. The van der Waals surface area contributed by atoms with Crippen LogP contribution in [0.3, 0.4) is 0 Å². The number of halogens is 1. The lowest BCUT2D eigenvalue weighted by atomic mass is 10.1. The molecule has 108 valence electrons. The van der Waals surface area contributed by atoms with E-state index in [9.17, 15) is 4.79 Å². The lowest BCUT2D eigenvalue weighted by Crippen LogP contribution is -2.28. The lowest BCUT2D eigenvalue weighted by molar-refractivity contribution is -0.126. The highest BCUT2D eigenvalue weighted by Crippen LogP contribution is 2.36. The average molecular weight is 296 g/mol. The largest absolute Gasteiger partial charge is 0.491 e. The predicted octanol–water partition coefficient (Wildman–Crippen LogP) is 3.03. The molecule has 0 saturated heterocycles. The first-order valence-corrected chi connectivity index (χ1v) is 7.39. The Morgan fingerprint density at radius 3 is 3.10 bits per heavy atom. The fraction of sp³-hybridized carbons (Fsp3) is 0.533. The summed E-state index contributed by atoms with van der Waals surface area (Å²) in [6.07, 6.45) is 2.78. The number of carbonyl (C=O) groups is 1. The van der Waals surface area contributed by atoms with Crippen molar-refractivity contribution >= 4 is 23.2 Å². The van der Waals surface area contributed by atoms with E-state index in [2.05, 4.69) is 5.32 Å². The Kier molecular flexibility index (Phi) is 3.85. The normalized spacial score (nSPS) is 18.3. The quantitative estimate of drug-likeness (QED) is 0.908. The average Bonchev–Trinajstić information content (AvgIpc) is 3.12. The van der Waals surface area contributed by atoms with Gasteiger partial charge in [-0.3, -0.25) is 4.79 Å². The van der Waals surface area contributed by atoms with Gasteiger partial charge in [0.15, 0.2) is 0 Å². The van der Waals surface area contributed by atoms with Crippen molar-refractivity contribution in [2.24, 2.45) is 5.92 Å². The Morgan fingerprint density at radius 1 is 1.55 bits per heavy atom. The third-order valence-electron chi connectivity index (χ3n) is 3.65. The fourth-order valence-corrected chi connectivity index (χ4v) is 2.48. The van der Waals surface area contributed by atoms with Crippen LogP contribution in [0.25, 0.3) is 0 Å². The van der Waals surface area contributed by atoms with Gasteiger partial charge < -0.3 is 14.8 Å². The van der Waals surface area contributed by atoms with Gasteiger partial charge in [-0.2, -0.15) is 0 Å². The summed E-state index contributed by atoms with van der Waals surface area (Å²) in [5, 5.41) is 3.46. The van der Waals surface area contributed by atoms with Gasteiger partial charge in [-0.25, -0.2) is 0 Å². The predicted molar refractivity (Wildman–Crippen MR) is 77.4 cm³/mol. The minimum absolute atomic E-state index is 0.161. The molecule has 1 amide bonds. The van der Waals surface area contributed by atoms with Crippen LogP contribution >= 0.6 is 11.6 Å². The molecule has 1 N–H and O–H groups in total. The first kappa shape index (κ1) is 13.7. The highest BCUT2D eigenvalue weighted by Gasteiger charge is 2.25. The number of amides is 1. The highest BCUT2D eigenvalue weighted by atomic mass is 35.5. The van der Waals surface area contributed by atoms with Gasteiger partial charge in [-0.05, 0) is 37.8 Å². The van der Waals surface area contributed by atoms with Gasteiger partial charge in [0.25, 0.3) is 5.91 Å². The van der Waals surface area contributed by atoms with Gasteiger partial charge in [0.1, 0.15) is 11.9 Å². The monoisotopic (exact) mass is 295 g/mol. The van der Waals surface area contributed by atoms with Crippen LogP contribution in [0, 0.1) is 5.92 Å². The zero-order valence-electron chi connectivity index (χ0n) is 11.4. The van der Waals surface area contributed by atoms with Crippen molar-refractivity contribution < 1.29 is 14.3 Å². The van der Waals surface area contributed by atoms with E-state index < -0.39 is 6.10 Å². The summed E-state index contributed by atoms with van der Waals surface area (Å²) in [5.74, 6) is 1.21. The molecule has 4 nitrogen and oxygen atoms in total. The van der Waals surface area contributed by atoms with Crippen LogP contribution in [0.15, 0.2) is 12.1 Å². The molecule has 1 atom stereocenters. The first-order valence-electron chi connectivity index (χ1n) is 7.01. The van der Waals surface area contributed by atoms with E-state index in [1.54, 1.807) is 13.0 Å². The minimum Gasteiger partial charge on any atom is -0.491 e. The molecule has 1 saturated carbocycles. The Hall–Kier alpha value is -1.26. The van der Waals surface area contributed by atoms with Crippen molar-refractivity contribution in [3.05, 3.63) is 22.7 Å². The SMILES string of the molecule is CC(OCC1CC1)C(=O)Nc1cc(Cl)cc2c1OCC2. The van der Waals surface area contributed by atoms with Crippen molar-refractivity contribution in [2.75, 3.05) is 18.5 Å². The molecule has 1 unspecified atom stereocenters. The third-order valence-corrected chi connectivity index (χ3v) is 3.87. The van der Waals surface area contributed by atoms with E-state index in [-0.39, 0.29) is 5.91 Å². The summed E-state index contributed by atoms with van der Waals surface area (Å²) < 4.78 is 11.1. The van der Waals surface area contributed by atoms with Gasteiger partial charge in [-0.15, -0.1) is 0 Å². The Balaban J connectivity index is 1.65. The summed E-state index contributed by atoms with van der Waals surface area (Å²) in [7, 11) is 0. The van der Waals surface area contributed by atoms with Crippen molar-refractivity contribution in [2.45, 2.75) is 32.3 Å². The van der Waals surface area contributed by atoms with Crippen LogP contribution in [0.5, 0.6) is 5.75 Å². The van der Waals surface area contributed by atoms with E-state index in [1.807, 2.05) is 6.07 Å². The molecule has 1 aliphatic heterocycles. The van der Waals surface area contributed by atoms with Gasteiger partial charge >= 0.3 is 0 Å². The van der Waals surface area contributed by atoms with Crippen LogP contribution in [0.4, 0.5) is 5.69 Å². The molecular formula is C15H18ClNO3. The molecule has 1 fully saturated rings. The molecule has 2 aliphatic rings. The topological polar surface area (TPSA) is 47.6 Å². The van der Waals surface area contributed by atoms with E-state index in [0.717, 1.165) is 17.7 Å². The third kappa shape index (κ3) is 3.07. The molecule has 0 aromatic heterocycles. The molecule has 1 aliphatic carbocycles. The van der Waals surface area contributed by atoms with Gasteiger partial charge in [0, 0.05) is 17.0 Å². The highest BCUT2D eigenvalue weighted by molar-refractivity contribution is 6.31. The summed E-state index contributed by atoms with van der Waals surface area (Å²) in [6.45, 7) is 3.06. The zero-order chi connectivity index (χ0) is 14.1. The summed E-state index contributed by atoms with van der Waals surface area (Å²) in [5.41, 5.74) is 1.68. The molecular weight excluding hydrogens is 278 g/mol. The Bertz CT molecular complexity index is 528. The Morgan fingerprint density at radius 2 is 2.35 bits per heavy atom. The maximum Gasteiger partial charge on any atom is 0.253 e. The number of ether oxygens (including phenoxy) is 2. The standard InChI is InChI=1S/C15H18ClNO3/c1-9(20-8-10-2-3-10)15(18)17-13-7-12(16)6-11-4-5-19-14(11)13/h6-7,9-10H,2-5,8H2,1H3,(H,17,18). The molecule has 3 rings (SSSR count). The molecule has 0 spiro atoms.